The van der Waals surface area contributed by atoms with Gasteiger partial charge < -0.3 is 5.32 Å². The van der Waals surface area contributed by atoms with E-state index in [0.29, 0.717) is 0 Å². The Balaban J connectivity index is 1.65. The summed E-state index contributed by atoms with van der Waals surface area (Å²) < 4.78 is 0. The van der Waals surface area contributed by atoms with Crippen molar-refractivity contribution in [3.8, 4) is 0 Å². The molecule has 2 nitrogen and oxygen atoms in total. The van der Waals surface area contributed by atoms with Gasteiger partial charge in [-0.15, -0.1) is 0 Å². The van der Waals surface area contributed by atoms with Gasteiger partial charge in [-0.1, -0.05) is 12.2 Å². The third kappa shape index (κ3) is 3.96. The molecule has 1 aliphatic heterocycles. The molecular formula is C13H24N2. The number of nitrogens with zero attached hydrogens (tertiary/aromatic N) is 1. The summed E-state index contributed by atoms with van der Waals surface area (Å²) in [7, 11) is 0. The fourth-order valence-electron chi connectivity index (χ4n) is 2.36. The maximum absolute atomic E-state index is 3.66. The summed E-state index contributed by atoms with van der Waals surface area (Å²) >= 11 is 0. The Bertz CT molecular complexity index is 209. The van der Waals surface area contributed by atoms with Gasteiger partial charge in [0.25, 0.3) is 0 Å². The lowest BCUT2D eigenvalue weighted by Crippen LogP contribution is -2.40. The zero-order valence-electron chi connectivity index (χ0n) is 9.91. The quantitative estimate of drug-likeness (QED) is 0.695. The molecule has 1 unspecified atom stereocenters. The maximum atomic E-state index is 3.66. The topological polar surface area (TPSA) is 15.3 Å². The first-order valence-corrected chi connectivity index (χ1v) is 6.45. The highest BCUT2D eigenvalue weighted by Gasteiger charge is 2.24. The second-order valence-corrected chi connectivity index (χ2v) is 5.02. The SMILES string of the molecule is CC=CCN1CCCC(CNC2CC2)C1. The summed E-state index contributed by atoms with van der Waals surface area (Å²) in [5, 5.41) is 3.66. The summed E-state index contributed by atoms with van der Waals surface area (Å²) in [6, 6.07) is 0.871. The minimum Gasteiger partial charge on any atom is -0.314 e. The minimum absolute atomic E-state index is 0.871. The van der Waals surface area contributed by atoms with E-state index in [2.05, 4.69) is 29.3 Å². The molecule has 1 N–H and O–H groups in total. The number of allylic oxidation sites excluding steroid dienone is 1. The van der Waals surface area contributed by atoms with E-state index in [1.165, 1.54) is 45.3 Å². The van der Waals surface area contributed by atoms with Gasteiger partial charge in [-0.3, -0.25) is 4.90 Å². The first-order valence-electron chi connectivity index (χ1n) is 6.45. The standard InChI is InChI=1S/C13H24N2/c1-2-3-8-15-9-4-5-12(11-15)10-14-13-6-7-13/h2-3,12-14H,4-11H2,1H3. The van der Waals surface area contributed by atoms with E-state index in [-0.39, 0.29) is 0 Å². The predicted molar refractivity (Wildman–Crippen MR) is 65.0 cm³/mol. The molecule has 1 aliphatic carbocycles. The van der Waals surface area contributed by atoms with Crippen molar-refractivity contribution in [2.75, 3.05) is 26.2 Å². The van der Waals surface area contributed by atoms with Gasteiger partial charge in [0.15, 0.2) is 0 Å². The molecule has 0 aromatic rings. The van der Waals surface area contributed by atoms with Crippen molar-refractivity contribution >= 4 is 0 Å². The first kappa shape index (κ1) is 11.2. The predicted octanol–water partition coefficient (Wildman–Crippen LogP) is 2.03. The molecule has 1 atom stereocenters. The van der Waals surface area contributed by atoms with Crippen LogP contribution in [0.15, 0.2) is 12.2 Å². The van der Waals surface area contributed by atoms with Gasteiger partial charge in [0.2, 0.25) is 0 Å². The Morgan fingerprint density at radius 3 is 2.93 bits per heavy atom. The molecule has 0 aromatic heterocycles. The lowest BCUT2D eigenvalue weighted by molar-refractivity contribution is 0.188. The van der Waals surface area contributed by atoms with Crippen LogP contribution in [0.5, 0.6) is 0 Å². The Kier molecular flexibility index (Phi) is 4.21. The van der Waals surface area contributed by atoms with Gasteiger partial charge in [0.1, 0.15) is 0 Å². The highest BCUT2D eigenvalue weighted by atomic mass is 15.1. The van der Waals surface area contributed by atoms with Gasteiger partial charge in [0.05, 0.1) is 0 Å². The fourth-order valence-corrected chi connectivity index (χ4v) is 2.36. The van der Waals surface area contributed by atoms with Crippen LogP contribution in [0.3, 0.4) is 0 Å². The van der Waals surface area contributed by atoms with E-state index in [9.17, 15) is 0 Å². The smallest absolute Gasteiger partial charge is 0.0163 e. The third-order valence-electron chi connectivity index (χ3n) is 3.47. The van der Waals surface area contributed by atoms with E-state index < -0.39 is 0 Å². The molecule has 0 amide bonds. The summed E-state index contributed by atoms with van der Waals surface area (Å²) in [4.78, 5) is 2.59. The number of likely N-dealkylation sites (tertiary alicyclic amines) is 1. The van der Waals surface area contributed by atoms with Crippen molar-refractivity contribution in [1.29, 1.82) is 0 Å². The van der Waals surface area contributed by atoms with Crippen LogP contribution in [0.2, 0.25) is 0 Å². The summed E-state index contributed by atoms with van der Waals surface area (Å²) in [6.45, 7) is 7.10. The highest BCUT2D eigenvalue weighted by Crippen LogP contribution is 2.21. The number of hydrogen-bond acceptors (Lipinski definition) is 2. The van der Waals surface area contributed by atoms with Gasteiger partial charge >= 0.3 is 0 Å². The summed E-state index contributed by atoms with van der Waals surface area (Å²) in [5.41, 5.74) is 0. The first-order chi connectivity index (χ1) is 7.38. The second-order valence-electron chi connectivity index (χ2n) is 5.02. The van der Waals surface area contributed by atoms with E-state index >= 15 is 0 Å². The summed E-state index contributed by atoms with van der Waals surface area (Å²) in [6.07, 6.45) is 10.1. The van der Waals surface area contributed by atoms with E-state index in [4.69, 9.17) is 0 Å². The van der Waals surface area contributed by atoms with Crippen molar-refractivity contribution in [3.63, 3.8) is 0 Å². The zero-order valence-corrected chi connectivity index (χ0v) is 9.91. The second kappa shape index (κ2) is 5.66. The monoisotopic (exact) mass is 208 g/mol. The van der Waals surface area contributed by atoms with Crippen molar-refractivity contribution in [3.05, 3.63) is 12.2 Å². The van der Waals surface area contributed by atoms with Gasteiger partial charge in [0, 0.05) is 19.1 Å². The van der Waals surface area contributed by atoms with Crippen LogP contribution >= 0.6 is 0 Å². The molecule has 0 aromatic carbocycles. The molecule has 2 rings (SSSR count). The average molecular weight is 208 g/mol. The molecule has 1 saturated carbocycles. The minimum atomic E-state index is 0.871. The lowest BCUT2D eigenvalue weighted by atomic mass is 9.98. The molecule has 2 aliphatic rings. The van der Waals surface area contributed by atoms with Crippen molar-refractivity contribution in [2.45, 2.75) is 38.6 Å². The van der Waals surface area contributed by atoms with Crippen LogP contribution in [-0.2, 0) is 0 Å². The largest absolute Gasteiger partial charge is 0.314 e. The van der Waals surface area contributed by atoms with E-state index in [1.807, 2.05) is 0 Å². The number of rotatable bonds is 5. The Labute approximate surface area is 93.7 Å². The van der Waals surface area contributed by atoms with Gasteiger partial charge in [-0.05, 0) is 51.6 Å². The van der Waals surface area contributed by atoms with Crippen LogP contribution in [0.4, 0.5) is 0 Å². The molecule has 1 saturated heterocycles. The highest BCUT2D eigenvalue weighted by molar-refractivity contribution is 4.86. The lowest BCUT2D eigenvalue weighted by Gasteiger charge is -2.32. The Morgan fingerprint density at radius 1 is 1.33 bits per heavy atom. The molecule has 15 heavy (non-hydrogen) atoms. The van der Waals surface area contributed by atoms with Crippen molar-refractivity contribution < 1.29 is 0 Å². The van der Waals surface area contributed by atoms with Crippen molar-refractivity contribution in [2.24, 2.45) is 5.92 Å². The normalized spacial score (nSPS) is 28.7. The van der Waals surface area contributed by atoms with E-state index in [0.717, 1.165) is 18.5 Å². The Hall–Kier alpha value is -0.340. The van der Waals surface area contributed by atoms with Crippen LogP contribution in [0.25, 0.3) is 0 Å². The molecule has 0 radical (unpaired) electrons. The van der Waals surface area contributed by atoms with Gasteiger partial charge in [-0.25, -0.2) is 0 Å². The molecule has 0 bridgehead atoms. The maximum Gasteiger partial charge on any atom is 0.0163 e. The molecule has 2 heteroatoms. The van der Waals surface area contributed by atoms with Crippen LogP contribution < -0.4 is 5.32 Å². The number of hydrogen-bond donors (Lipinski definition) is 1. The third-order valence-corrected chi connectivity index (χ3v) is 3.47. The Morgan fingerprint density at radius 2 is 2.20 bits per heavy atom. The number of piperidine rings is 1. The molecule has 0 spiro atoms. The molecular weight excluding hydrogens is 184 g/mol. The zero-order chi connectivity index (χ0) is 10.5. The van der Waals surface area contributed by atoms with Gasteiger partial charge in [-0.2, -0.15) is 0 Å². The molecule has 1 heterocycles. The fraction of sp³-hybridized carbons (Fsp3) is 0.846. The van der Waals surface area contributed by atoms with Crippen molar-refractivity contribution in [1.82, 2.24) is 10.2 Å². The van der Waals surface area contributed by atoms with Crippen LogP contribution in [0, 0.1) is 5.92 Å². The molecule has 2 fully saturated rings. The summed E-state index contributed by atoms with van der Waals surface area (Å²) in [5.74, 6) is 0.893. The molecule has 86 valence electrons. The number of nitrogens with one attached hydrogen (secondary N) is 1. The van der Waals surface area contributed by atoms with Crippen LogP contribution in [-0.4, -0.2) is 37.1 Å². The van der Waals surface area contributed by atoms with E-state index in [1.54, 1.807) is 0 Å². The van der Waals surface area contributed by atoms with Crippen LogP contribution in [0.1, 0.15) is 32.6 Å². The average Bonchev–Trinajstić information content (AvgIpc) is 3.08.